The molecular formula is C23H40N4O2. The van der Waals surface area contributed by atoms with Crippen molar-refractivity contribution in [1.29, 1.82) is 5.41 Å². The summed E-state index contributed by atoms with van der Waals surface area (Å²) in [5, 5.41) is 34.3. The summed E-state index contributed by atoms with van der Waals surface area (Å²) in [6, 6.07) is 0. The van der Waals surface area contributed by atoms with Crippen molar-refractivity contribution in [3.63, 3.8) is 0 Å². The van der Waals surface area contributed by atoms with Crippen LogP contribution in [0.1, 0.15) is 85.0 Å². The van der Waals surface area contributed by atoms with Crippen molar-refractivity contribution >= 4 is 11.7 Å². The van der Waals surface area contributed by atoms with Gasteiger partial charge in [-0.3, -0.25) is 5.41 Å². The van der Waals surface area contributed by atoms with Gasteiger partial charge in [-0.05, 0) is 87.4 Å². The normalized spacial score (nSPS) is 49.7. The van der Waals surface area contributed by atoms with E-state index < -0.39 is 5.60 Å². The van der Waals surface area contributed by atoms with E-state index in [9.17, 15) is 10.2 Å². The Morgan fingerprint density at radius 3 is 2.55 bits per heavy atom. The molecule has 4 aliphatic rings. The number of rotatable bonds is 3. The van der Waals surface area contributed by atoms with E-state index in [1.54, 1.807) is 0 Å². The molecule has 0 radical (unpaired) electrons. The number of hydrogen-bond acceptors (Lipinski definition) is 4. The number of fused-ring (bicyclic) bond motifs is 5. The smallest absolute Gasteiger partial charge is 0.206 e. The van der Waals surface area contributed by atoms with Gasteiger partial charge in [0, 0.05) is 17.0 Å². The van der Waals surface area contributed by atoms with Gasteiger partial charge in [-0.2, -0.15) is 5.10 Å². The summed E-state index contributed by atoms with van der Waals surface area (Å²) < 4.78 is 0. The molecule has 4 rings (SSSR count). The van der Waals surface area contributed by atoms with Gasteiger partial charge in [0.2, 0.25) is 5.96 Å². The van der Waals surface area contributed by atoms with E-state index in [-0.39, 0.29) is 28.8 Å². The van der Waals surface area contributed by atoms with Crippen molar-refractivity contribution in [2.24, 2.45) is 45.3 Å². The fourth-order valence-electron chi connectivity index (χ4n) is 8.27. The molecule has 29 heavy (non-hydrogen) atoms. The van der Waals surface area contributed by atoms with Crippen LogP contribution in [0.5, 0.6) is 0 Å². The van der Waals surface area contributed by atoms with Gasteiger partial charge in [0.15, 0.2) is 0 Å². The van der Waals surface area contributed by atoms with Gasteiger partial charge in [-0.25, -0.2) is 5.43 Å². The molecule has 0 aromatic heterocycles. The highest BCUT2D eigenvalue weighted by Crippen LogP contribution is 2.69. The summed E-state index contributed by atoms with van der Waals surface area (Å²) in [6.45, 7) is 6.85. The summed E-state index contributed by atoms with van der Waals surface area (Å²) in [4.78, 5) is 0. The Bertz CT molecular complexity index is 696. The molecule has 0 aromatic carbocycles. The molecule has 6 heteroatoms. The highest BCUT2D eigenvalue weighted by atomic mass is 16.3. The third kappa shape index (κ3) is 3.04. The Balaban J connectivity index is 1.63. The van der Waals surface area contributed by atoms with Crippen LogP contribution < -0.4 is 11.2 Å². The van der Waals surface area contributed by atoms with Gasteiger partial charge >= 0.3 is 0 Å². The Labute approximate surface area is 175 Å². The maximum atomic E-state index is 12.2. The number of aliphatic hydroxyl groups excluding tert-OH is 1. The number of hydrazone groups is 1. The van der Waals surface area contributed by atoms with Crippen molar-refractivity contribution in [2.75, 3.05) is 0 Å². The predicted octanol–water partition coefficient (Wildman–Crippen LogP) is 3.37. The first-order chi connectivity index (χ1) is 13.7. The largest absolute Gasteiger partial charge is 0.393 e. The fourth-order valence-corrected chi connectivity index (χ4v) is 8.27. The standard InChI is InChI=1S/C23H40N4O2/c1-4-19(26-27-20(24)25)18-9-12-23(29)17-6-5-14-13-15(28)7-10-21(14,2)16(17)8-11-22(18,23)3/h14-18,28-29H,4-13H2,1-3H3,(H4,24,25,27)/b26-19+/t14-,15+,16+,17-,18-,21+,22-,23+/m1/s1. The predicted molar refractivity (Wildman–Crippen MR) is 115 cm³/mol. The van der Waals surface area contributed by atoms with Crippen molar-refractivity contribution in [1.82, 2.24) is 5.43 Å². The second kappa shape index (κ2) is 7.23. The van der Waals surface area contributed by atoms with E-state index >= 15 is 0 Å². The van der Waals surface area contributed by atoms with Gasteiger partial charge in [-0.1, -0.05) is 20.8 Å². The third-order valence-corrected chi connectivity index (χ3v) is 9.91. The van der Waals surface area contributed by atoms with Crippen LogP contribution in [-0.2, 0) is 0 Å². The van der Waals surface area contributed by atoms with Gasteiger partial charge in [0.1, 0.15) is 0 Å². The van der Waals surface area contributed by atoms with E-state index in [4.69, 9.17) is 11.1 Å². The first-order valence-corrected chi connectivity index (χ1v) is 11.7. The first kappa shape index (κ1) is 21.1. The summed E-state index contributed by atoms with van der Waals surface area (Å²) in [7, 11) is 0. The quantitative estimate of drug-likeness (QED) is 0.282. The lowest BCUT2D eigenvalue weighted by Gasteiger charge is -2.63. The van der Waals surface area contributed by atoms with E-state index in [0.717, 1.165) is 63.5 Å². The van der Waals surface area contributed by atoms with Crippen LogP contribution in [0.15, 0.2) is 5.10 Å². The minimum Gasteiger partial charge on any atom is -0.393 e. The molecule has 4 aliphatic carbocycles. The average Bonchev–Trinajstić information content (AvgIpc) is 2.95. The minimum absolute atomic E-state index is 0.130. The molecule has 164 valence electrons. The Morgan fingerprint density at radius 1 is 1.10 bits per heavy atom. The highest BCUT2D eigenvalue weighted by molar-refractivity contribution is 5.89. The lowest BCUT2D eigenvalue weighted by atomic mass is 9.43. The van der Waals surface area contributed by atoms with Gasteiger partial charge in [0.05, 0.1) is 11.7 Å². The number of nitrogens with one attached hydrogen (secondary N) is 2. The van der Waals surface area contributed by atoms with E-state index in [0.29, 0.717) is 17.8 Å². The molecule has 0 unspecified atom stereocenters. The molecular weight excluding hydrogens is 364 g/mol. The Hall–Kier alpha value is -1.14. The van der Waals surface area contributed by atoms with Gasteiger partial charge in [-0.15, -0.1) is 0 Å². The highest BCUT2D eigenvalue weighted by Gasteiger charge is 2.67. The second-order valence-corrected chi connectivity index (χ2v) is 10.9. The van der Waals surface area contributed by atoms with E-state index in [2.05, 4.69) is 31.3 Å². The first-order valence-electron chi connectivity index (χ1n) is 11.7. The van der Waals surface area contributed by atoms with Crippen LogP contribution in [0.3, 0.4) is 0 Å². The molecule has 6 nitrogen and oxygen atoms in total. The maximum Gasteiger partial charge on any atom is 0.206 e. The zero-order chi connectivity index (χ0) is 21.0. The van der Waals surface area contributed by atoms with Crippen molar-refractivity contribution < 1.29 is 10.2 Å². The van der Waals surface area contributed by atoms with Gasteiger partial charge < -0.3 is 15.9 Å². The van der Waals surface area contributed by atoms with Crippen LogP contribution in [0.2, 0.25) is 0 Å². The van der Waals surface area contributed by atoms with E-state index in [1.165, 1.54) is 6.42 Å². The SMILES string of the molecule is CC/C(=N\NC(=N)N)[C@H]1CC[C@]2(O)[C@@H]3CC[C@@H]4C[C@@H](O)CC[C@]4(C)[C@H]3CC[C@]12C. The number of nitrogens with two attached hydrogens (primary N) is 1. The molecule has 6 N–H and O–H groups in total. The van der Waals surface area contributed by atoms with Crippen LogP contribution in [-0.4, -0.2) is 33.6 Å². The van der Waals surface area contributed by atoms with Crippen molar-refractivity contribution in [2.45, 2.75) is 96.7 Å². The molecule has 0 aliphatic heterocycles. The molecule has 0 spiro atoms. The van der Waals surface area contributed by atoms with Gasteiger partial charge in [0.25, 0.3) is 0 Å². The molecule has 0 bridgehead atoms. The monoisotopic (exact) mass is 404 g/mol. The van der Waals surface area contributed by atoms with Crippen molar-refractivity contribution in [3.8, 4) is 0 Å². The zero-order valence-corrected chi connectivity index (χ0v) is 18.4. The van der Waals surface area contributed by atoms with Crippen LogP contribution in [0.4, 0.5) is 0 Å². The number of guanidine groups is 1. The minimum atomic E-state index is -0.642. The maximum absolute atomic E-state index is 12.2. The summed E-state index contributed by atoms with van der Waals surface area (Å²) in [5.74, 6) is 1.61. The number of nitrogens with zero attached hydrogens (tertiary/aromatic N) is 1. The Kier molecular flexibility index (Phi) is 5.26. The molecule has 4 fully saturated rings. The number of hydrogen-bond donors (Lipinski definition) is 5. The number of aliphatic hydroxyl groups is 2. The van der Waals surface area contributed by atoms with Crippen molar-refractivity contribution in [3.05, 3.63) is 0 Å². The summed E-state index contributed by atoms with van der Waals surface area (Å²) in [5.41, 5.74) is 8.59. The van der Waals surface area contributed by atoms with Crippen LogP contribution in [0, 0.1) is 39.9 Å². The second-order valence-electron chi connectivity index (χ2n) is 10.9. The fraction of sp³-hybridized carbons (Fsp3) is 0.913. The molecule has 0 amide bonds. The lowest BCUT2D eigenvalue weighted by Crippen LogP contribution is -2.62. The topological polar surface area (TPSA) is 115 Å². The molecule has 0 saturated heterocycles. The Morgan fingerprint density at radius 2 is 1.86 bits per heavy atom. The molecule has 4 saturated carbocycles. The summed E-state index contributed by atoms with van der Waals surface area (Å²) >= 11 is 0. The average molecular weight is 405 g/mol. The molecule has 8 atom stereocenters. The van der Waals surface area contributed by atoms with E-state index in [1.807, 2.05) is 0 Å². The lowest BCUT2D eigenvalue weighted by molar-refractivity contribution is -0.206. The van der Waals surface area contributed by atoms with Crippen LogP contribution >= 0.6 is 0 Å². The third-order valence-electron chi connectivity index (χ3n) is 9.91. The van der Waals surface area contributed by atoms with Crippen LogP contribution in [0.25, 0.3) is 0 Å². The zero-order valence-electron chi connectivity index (χ0n) is 18.4. The summed E-state index contributed by atoms with van der Waals surface area (Å²) in [6.07, 6.45) is 9.86. The molecule has 0 heterocycles. The molecule has 0 aromatic rings.